The van der Waals surface area contributed by atoms with E-state index in [0.717, 1.165) is 16.6 Å². The number of aromatic nitrogens is 1. The molecule has 0 aliphatic carbocycles. The van der Waals surface area contributed by atoms with E-state index in [9.17, 15) is 9.90 Å². The molecule has 24 heavy (non-hydrogen) atoms. The number of nitrogens with zero attached hydrogens (tertiary/aromatic N) is 2. The molecule has 3 rings (SSSR count). The lowest BCUT2D eigenvalue weighted by Gasteiger charge is -2.10. The zero-order valence-electron chi connectivity index (χ0n) is 12.7. The maximum atomic E-state index is 11.3. The molecule has 120 valence electrons. The zero-order chi connectivity index (χ0) is 17.4. The van der Waals surface area contributed by atoms with Crippen LogP contribution in [0.15, 0.2) is 36.4 Å². The Morgan fingerprint density at radius 1 is 1.25 bits per heavy atom. The molecule has 0 amide bonds. The van der Waals surface area contributed by atoms with Gasteiger partial charge in [-0.15, -0.1) is 0 Å². The molecule has 1 aromatic heterocycles. The molecule has 3 aromatic rings. The van der Waals surface area contributed by atoms with Crippen molar-refractivity contribution in [3.63, 3.8) is 0 Å². The quantitative estimate of drug-likeness (QED) is 0.741. The summed E-state index contributed by atoms with van der Waals surface area (Å²) in [5.74, 6) is -1.09. The summed E-state index contributed by atoms with van der Waals surface area (Å²) in [6.07, 6.45) is 0.395. The maximum Gasteiger partial charge on any atom is 0.337 e. The molecule has 0 radical (unpaired) electrons. The fourth-order valence-electron chi connectivity index (χ4n) is 2.73. The molecule has 6 heteroatoms. The highest BCUT2D eigenvalue weighted by molar-refractivity contribution is 6.38. The third-order valence-corrected chi connectivity index (χ3v) is 4.83. The number of hydrogen-bond donors (Lipinski definition) is 1. The first-order valence-electron chi connectivity index (χ1n) is 7.11. The van der Waals surface area contributed by atoms with Crippen LogP contribution in [0.2, 0.25) is 10.0 Å². The van der Waals surface area contributed by atoms with E-state index in [1.807, 2.05) is 29.8 Å². The van der Waals surface area contributed by atoms with Gasteiger partial charge in [-0.2, -0.15) is 5.26 Å². The Kier molecular flexibility index (Phi) is 4.23. The second-order valence-electron chi connectivity index (χ2n) is 5.45. The predicted octanol–water partition coefficient (Wildman–Crippen LogP) is 4.65. The molecule has 1 N–H and O–H groups in total. The number of nitriles is 1. The molecular formula is C18H12Cl2N2O2. The molecule has 0 saturated heterocycles. The summed E-state index contributed by atoms with van der Waals surface area (Å²) in [5.41, 5.74) is 3.03. The number of halogens is 2. The Morgan fingerprint density at radius 2 is 2.00 bits per heavy atom. The van der Waals surface area contributed by atoms with E-state index in [4.69, 9.17) is 28.5 Å². The van der Waals surface area contributed by atoms with Gasteiger partial charge < -0.3 is 9.67 Å². The van der Waals surface area contributed by atoms with Crippen molar-refractivity contribution < 1.29 is 9.90 Å². The van der Waals surface area contributed by atoms with Crippen LogP contribution in [-0.2, 0) is 13.5 Å². The van der Waals surface area contributed by atoms with Gasteiger partial charge in [0.2, 0.25) is 0 Å². The van der Waals surface area contributed by atoms with Gasteiger partial charge in [-0.3, -0.25) is 0 Å². The van der Waals surface area contributed by atoms with Crippen molar-refractivity contribution in [2.75, 3.05) is 0 Å². The number of rotatable bonds is 3. The monoisotopic (exact) mass is 358 g/mol. The number of benzene rings is 2. The molecule has 2 aromatic carbocycles. The topological polar surface area (TPSA) is 66.0 Å². The van der Waals surface area contributed by atoms with Gasteiger partial charge in [0.15, 0.2) is 0 Å². The van der Waals surface area contributed by atoms with Crippen molar-refractivity contribution >= 4 is 40.1 Å². The molecule has 0 fully saturated rings. The van der Waals surface area contributed by atoms with Crippen LogP contribution in [0, 0.1) is 11.3 Å². The first-order valence-corrected chi connectivity index (χ1v) is 7.86. The van der Waals surface area contributed by atoms with E-state index in [1.165, 1.54) is 6.07 Å². The summed E-state index contributed by atoms with van der Waals surface area (Å²) in [4.78, 5) is 11.3. The van der Waals surface area contributed by atoms with Crippen LogP contribution in [0.4, 0.5) is 0 Å². The SMILES string of the molecule is Cn1c(Cc2c(Cl)ccc(C(=O)O)c2Cl)cc2ccc(C#N)cc21. The predicted molar refractivity (Wildman–Crippen MR) is 93.9 cm³/mol. The summed E-state index contributed by atoms with van der Waals surface area (Å²) in [7, 11) is 1.89. The van der Waals surface area contributed by atoms with E-state index in [0.29, 0.717) is 22.6 Å². The van der Waals surface area contributed by atoms with Gasteiger partial charge in [-0.1, -0.05) is 29.3 Å². The summed E-state index contributed by atoms with van der Waals surface area (Å²) >= 11 is 12.5. The first-order chi connectivity index (χ1) is 11.4. The second kappa shape index (κ2) is 6.20. The number of fused-ring (bicyclic) bond motifs is 1. The van der Waals surface area contributed by atoms with Crippen LogP contribution in [0.3, 0.4) is 0 Å². The second-order valence-corrected chi connectivity index (χ2v) is 6.23. The summed E-state index contributed by atoms with van der Waals surface area (Å²) in [6.45, 7) is 0. The highest BCUT2D eigenvalue weighted by atomic mass is 35.5. The van der Waals surface area contributed by atoms with Crippen molar-refractivity contribution in [1.29, 1.82) is 5.26 Å². The van der Waals surface area contributed by atoms with Gasteiger partial charge in [0.05, 0.1) is 22.2 Å². The van der Waals surface area contributed by atoms with Crippen molar-refractivity contribution in [3.05, 3.63) is 68.8 Å². The molecular weight excluding hydrogens is 347 g/mol. The van der Waals surface area contributed by atoms with Crippen LogP contribution in [0.25, 0.3) is 10.9 Å². The number of carboxylic acids is 1. The smallest absolute Gasteiger partial charge is 0.337 e. The molecule has 0 unspecified atom stereocenters. The standard InChI is InChI=1S/C18H12Cl2N2O2/c1-22-12(7-11-3-2-10(9-21)6-16(11)22)8-14-15(19)5-4-13(17(14)20)18(23)24/h2-7H,8H2,1H3,(H,23,24). The van der Waals surface area contributed by atoms with Crippen LogP contribution >= 0.6 is 23.2 Å². The summed E-state index contributed by atoms with van der Waals surface area (Å²) in [5, 5.41) is 19.8. The Balaban J connectivity index is 2.11. The minimum absolute atomic E-state index is 0.0293. The number of aromatic carboxylic acids is 1. The van der Waals surface area contributed by atoms with E-state index in [2.05, 4.69) is 6.07 Å². The van der Waals surface area contributed by atoms with Gasteiger partial charge in [-0.25, -0.2) is 4.79 Å². The summed E-state index contributed by atoms with van der Waals surface area (Å²) < 4.78 is 1.95. The van der Waals surface area contributed by atoms with Crippen molar-refractivity contribution in [3.8, 4) is 6.07 Å². The molecule has 0 aliphatic heterocycles. The largest absolute Gasteiger partial charge is 0.478 e. The van der Waals surface area contributed by atoms with Crippen LogP contribution < -0.4 is 0 Å². The van der Waals surface area contributed by atoms with Gasteiger partial charge in [0, 0.05) is 29.7 Å². The summed E-state index contributed by atoms with van der Waals surface area (Å²) in [6, 6.07) is 12.5. The Morgan fingerprint density at radius 3 is 2.67 bits per heavy atom. The Bertz CT molecular complexity index is 1020. The Hall–Kier alpha value is -2.48. The first kappa shape index (κ1) is 16.4. The van der Waals surface area contributed by atoms with E-state index < -0.39 is 5.97 Å². The minimum Gasteiger partial charge on any atom is -0.478 e. The molecule has 0 aliphatic rings. The van der Waals surface area contributed by atoms with Gasteiger partial charge in [0.25, 0.3) is 0 Å². The van der Waals surface area contributed by atoms with E-state index in [-0.39, 0.29) is 10.6 Å². The lowest BCUT2D eigenvalue weighted by atomic mass is 10.1. The van der Waals surface area contributed by atoms with Crippen LogP contribution in [-0.4, -0.2) is 15.6 Å². The zero-order valence-corrected chi connectivity index (χ0v) is 14.2. The van der Waals surface area contributed by atoms with Crippen molar-refractivity contribution in [2.45, 2.75) is 6.42 Å². The molecule has 0 atom stereocenters. The average Bonchev–Trinajstić information content (AvgIpc) is 2.86. The maximum absolute atomic E-state index is 11.3. The molecule has 0 spiro atoms. The fourth-order valence-corrected chi connectivity index (χ4v) is 3.32. The number of carbonyl (C=O) groups is 1. The number of carboxylic acid groups (broad SMARTS) is 1. The molecule has 1 heterocycles. The third-order valence-electron chi connectivity index (χ3n) is 4.05. The molecule has 4 nitrogen and oxygen atoms in total. The number of hydrogen-bond acceptors (Lipinski definition) is 2. The normalized spacial score (nSPS) is 10.8. The van der Waals surface area contributed by atoms with Crippen LogP contribution in [0.1, 0.15) is 27.2 Å². The lowest BCUT2D eigenvalue weighted by molar-refractivity contribution is 0.0697. The van der Waals surface area contributed by atoms with Crippen LogP contribution in [0.5, 0.6) is 0 Å². The average molecular weight is 359 g/mol. The van der Waals surface area contributed by atoms with Gasteiger partial charge in [0.1, 0.15) is 0 Å². The Labute approximate surface area is 148 Å². The molecule has 0 bridgehead atoms. The van der Waals surface area contributed by atoms with Gasteiger partial charge >= 0.3 is 5.97 Å². The third kappa shape index (κ3) is 2.73. The van der Waals surface area contributed by atoms with E-state index in [1.54, 1.807) is 12.1 Å². The fraction of sp³-hybridized carbons (Fsp3) is 0.111. The lowest BCUT2D eigenvalue weighted by Crippen LogP contribution is -2.03. The molecule has 0 saturated carbocycles. The van der Waals surface area contributed by atoms with E-state index >= 15 is 0 Å². The van der Waals surface area contributed by atoms with Crippen molar-refractivity contribution in [2.24, 2.45) is 7.05 Å². The van der Waals surface area contributed by atoms with Crippen molar-refractivity contribution in [1.82, 2.24) is 4.57 Å². The highest BCUT2D eigenvalue weighted by Crippen LogP contribution is 2.32. The van der Waals surface area contributed by atoms with Gasteiger partial charge in [-0.05, 0) is 41.3 Å². The number of aryl methyl sites for hydroxylation is 1. The highest BCUT2D eigenvalue weighted by Gasteiger charge is 2.17. The minimum atomic E-state index is -1.09.